The summed E-state index contributed by atoms with van der Waals surface area (Å²) in [5.74, 6) is 0. The maximum absolute atomic E-state index is 6.18. The van der Waals surface area contributed by atoms with Crippen LogP contribution in [0.15, 0.2) is 134 Å². The van der Waals surface area contributed by atoms with E-state index in [1.807, 2.05) is 36.8 Å². The molecule has 6 heteroatoms. The van der Waals surface area contributed by atoms with Crippen molar-refractivity contribution in [2.45, 2.75) is 13.1 Å². The molecule has 7 rings (SSSR count). The Morgan fingerprint density at radius 1 is 0.714 bits per heavy atom. The summed E-state index contributed by atoms with van der Waals surface area (Å²) in [5.41, 5.74) is 17.0. The summed E-state index contributed by atoms with van der Waals surface area (Å²) in [4.78, 5) is 9.39. The lowest BCUT2D eigenvalue weighted by atomic mass is 9.99. The first-order valence-electron chi connectivity index (χ1n) is 13.9. The molecule has 0 unspecified atom stereocenters. The zero-order valence-corrected chi connectivity index (χ0v) is 23.8. The second-order valence-corrected chi connectivity index (χ2v) is 11.3. The Hall–Kier alpha value is -5.20. The third-order valence-electron chi connectivity index (χ3n) is 7.48. The first-order valence-corrected chi connectivity index (χ1v) is 14.7. The molecule has 0 aliphatic heterocycles. The summed E-state index contributed by atoms with van der Waals surface area (Å²) in [7, 11) is 0. The summed E-state index contributed by atoms with van der Waals surface area (Å²) >= 11 is 1.73. The van der Waals surface area contributed by atoms with Gasteiger partial charge < -0.3 is 15.6 Å². The average Bonchev–Trinajstić information content (AvgIpc) is 3.68. The molecule has 5 nitrogen and oxygen atoms in total. The van der Waals surface area contributed by atoms with Crippen molar-refractivity contribution in [3.63, 3.8) is 0 Å². The van der Waals surface area contributed by atoms with Gasteiger partial charge in [-0.2, -0.15) is 0 Å². The number of nitrogen functional groups attached to an aromatic ring is 1. The normalized spacial score (nSPS) is 11.1. The first kappa shape index (κ1) is 25.7. The van der Waals surface area contributed by atoms with E-state index < -0.39 is 0 Å². The summed E-state index contributed by atoms with van der Waals surface area (Å²) in [6.07, 6.45) is 3.82. The minimum Gasteiger partial charge on any atom is -0.398 e. The van der Waals surface area contributed by atoms with E-state index in [1.165, 1.54) is 15.8 Å². The number of nitrogens with zero attached hydrogens (tertiary/aromatic N) is 3. The van der Waals surface area contributed by atoms with Crippen LogP contribution in [-0.4, -0.2) is 14.5 Å². The molecular weight excluding hydrogens is 534 g/mol. The lowest BCUT2D eigenvalue weighted by molar-refractivity contribution is 0.749. The van der Waals surface area contributed by atoms with Crippen LogP contribution in [-0.2, 0) is 13.1 Å². The molecule has 0 aliphatic rings. The van der Waals surface area contributed by atoms with E-state index in [1.54, 1.807) is 11.3 Å². The van der Waals surface area contributed by atoms with Crippen molar-refractivity contribution in [1.82, 2.24) is 14.5 Å². The van der Waals surface area contributed by atoms with Crippen molar-refractivity contribution in [1.29, 1.82) is 0 Å². The second kappa shape index (κ2) is 11.4. The number of nitrogens with two attached hydrogens (primary N) is 1. The van der Waals surface area contributed by atoms with Crippen LogP contribution in [0.1, 0.15) is 11.3 Å². The van der Waals surface area contributed by atoms with E-state index in [-0.39, 0.29) is 0 Å². The van der Waals surface area contributed by atoms with Crippen LogP contribution in [0.3, 0.4) is 0 Å². The lowest BCUT2D eigenvalue weighted by Gasteiger charge is -2.14. The van der Waals surface area contributed by atoms with Crippen molar-refractivity contribution in [3.05, 3.63) is 145 Å². The van der Waals surface area contributed by atoms with Gasteiger partial charge in [-0.15, -0.1) is 11.3 Å². The van der Waals surface area contributed by atoms with Crippen molar-refractivity contribution in [2.75, 3.05) is 11.1 Å². The molecule has 204 valence electrons. The Labute approximate surface area is 249 Å². The predicted octanol–water partition coefficient (Wildman–Crippen LogP) is 8.74. The van der Waals surface area contributed by atoms with Crippen molar-refractivity contribution >= 4 is 32.9 Å². The monoisotopic (exact) mass is 563 g/mol. The number of thiazole rings is 1. The standard InChI is InChI=1S/C36H29N5S/c37-33-11-5-4-10-30(33)27-16-14-25(15-17-27)23-41-24-38-21-29(41)22-39-28-18-19-31(32(20-28)26-8-2-1-3-9-26)36-40-34-12-6-7-13-35(34)42-36/h1-21,24,39H,22-23,37H2. The van der Waals surface area contributed by atoms with Gasteiger partial charge in [-0.05, 0) is 58.7 Å². The Balaban J connectivity index is 1.11. The van der Waals surface area contributed by atoms with Gasteiger partial charge in [0, 0.05) is 35.2 Å². The highest BCUT2D eigenvalue weighted by atomic mass is 32.1. The minimum atomic E-state index is 0.660. The number of fused-ring (bicyclic) bond motifs is 1. The maximum Gasteiger partial charge on any atom is 0.125 e. The zero-order chi connectivity index (χ0) is 28.3. The molecule has 0 spiro atoms. The number of aromatic nitrogens is 3. The predicted molar refractivity (Wildman–Crippen MR) is 175 cm³/mol. The molecule has 0 atom stereocenters. The summed E-state index contributed by atoms with van der Waals surface area (Å²) in [6, 6.07) is 41.9. The molecule has 7 aromatic rings. The van der Waals surface area contributed by atoms with E-state index in [4.69, 9.17) is 10.7 Å². The van der Waals surface area contributed by atoms with Crippen LogP contribution < -0.4 is 11.1 Å². The Morgan fingerprint density at radius 3 is 2.31 bits per heavy atom. The molecule has 0 radical (unpaired) electrons. The number of benzene rings is 5. The SMILES string of the molecule is Nc1ccccc1-c1ccc(Cn2cncc2CNc2ccc(-c3nc4ccccc4s3)c(-c3ccccc3)c2)cc1. The number of hydrogen-bond donors (Lipinski definition) is 2. The number of para-hydroxylation sites is 2. The molecule has 0 saturated carbocycles. The highest BCUT2D eigenvalue weighted by Gasteiger charge is 2.14. The quantitative estimate of drug-likeness (QED) is 0.181. The molecule has 0 bridgehead atoms. The van der Waals surface area contributed by atoms with Gasteiger partial charge >= 0.3 is 0 Å². The Bertz CT molecular complexity index is 1940. The van der Waals surface area contributed by atoms with E-state index >= 15 is 0 Å². The van der Waals surface area contributed by atoms with Gasteiger partial charge in [0.15, 0.2) is 0 Å². The summed E-state index contributed by atoms with van der Waals surface area (Å²) in [5, 5.41) is 4.66. The highest BCUT2D eigenvalue weighted by Crippen LogP contribution is 2.38. The fourth-order valence-electron chi connectivity index (χ4n) is 5.26. The molecule has 42 heavy (non-hydrogen) atoms. The van der Waals surface area contributed by atoms with Crippen molar-refractivity contribution < 1.29 is 0 Å². The third kappa shape index (κ3) is 5.28. The van der Waals surface area contributed by atoms with Gasteiger partial charge in [0.1, 0.15) is 5.01 Å². The molecule has 0 aliphatic carbocycles. The summed E-state index contributed by atoms with van der Waals surface area (Å²) < 4.78 is 3.38. The fourth-order valence-corrected chi connectivity index (χ4v) is 6.27. The molecule has 5 aromatic carbocycles. The molecule has 0 saturated heterocycles. The topological polar surface area (TPSA) is 68.8 Å². The molecular formula is C36H29N5S. The van der Waals surface area contributed by atoms with Crippen LogP contribution in [0.25, 0.3) is 43.0 Å². The number of hydrogen-bond acceptors (Lipinski definition) is 5. The third-order valence-corrected chi connectivity index (χ3v) is 8.55. The van der Waals surface area contributed by atoms with Crippen LogP contribution in [0.2, 0.25) is 0 Å². The highest BCUT2D eigenvalue weighted by molar-refractivity contribution is 7.21. The Morgan fingerprint density at radius 2 is 1.48 bits per heavy atom. The number of anilines is 2. The van der Waals surface area contributed by atoms with E-state index in [2.05, 4.69) is 112 Å². The van der Waals surface area contributed by atoms with Crippen molar-refractivity contribution in [3.8, 4) is 32.8 Å². The largest absolute Gasteiger partial charge is 0.398 e. The van der Waals surface area contributed by atoms with Crippen LogP contribution in [0.5, 0.6) is 0 Å². The van der Waals surface area contributed by atoms with Gasteiger partial charge in [0.05, 0.1) is 28.8 Å². The molecule has 0 fully saturated rings. The van der Waals surface area contributed by atoms with Gasteiger partial charge in [-0.3, -0.25) is 0 Å². The van der Waals surface area contributed by atoms with E-state index in [9.17, 15) is 0 Å². The van der Waals surface area contributed by atoms with Crippen LogP contribution in [0, 0.1) is 0 Å². The Kier molecular flexibility index (Phi) is 6.96. The zero-order valence-electron chi connectivity index (χ0n) is 22.9. The smallest absolute Gasteiger partial charge is 0.125 e. The van der Waals surface area contributed by atoms with Crippen molar-refractivity contribution in [2.24, 2.45) is 0 Å². The molecule has 0 amide bonds. The van der Waals surface area contributed by atoms with Crippen LogP contribution in [0.4, 0.5) is 11.4 Å². The van der Waals surface area contributed by atoms with Gasteiger partial charge in [0.25, 0.3) is 0 Å². The average molecular weight is 564 g/mol. The summed E-state index contributed by atoms with van der Waals surface area (Å²) in [6.45, 7) is 1.40. The second-order valence-electron chi connectivity index (χ2n) is 10.3. The van der Waals surface area contributed by atoms with Gasteiger partial charge in [-0.25, -0.2) is 9.97 Å². The van der Waals surface area contributed by atoms with E-state index in [0.29, 0.717) is 6.54 Å². The fraction of sp³-hybridized carbons (Fsp3) is 0.0556. The minimum absolute atomic E-state index is 0.660. The molecule has 3 N–H and O–H groups in total. The van der Waals surface area contributed by atoms with Gasteiger partial charge in [-0.1, -0.05) is 84.9 Å². The lowest BCUT2D eigenvalue weighted by Crippen LogP contribution is -2.08. The molecule has 2 heterocycles. The van der Waals surface area contributed by atoms with E-state index in [0.717, 1.165) is 56.4 Å². The van der Waals surface area contributed by atoms with Crippen LogP contribution >= 0.6 is 11.3 Å². The maximum atomic E-state index is 6.18. The number of nitrogens with one attached hydrogen (secondary N) is 1. The number of imidazole rings is 1. The number of rotatable bonds is 8. The molecule has 2 aromatic heterocycles. The van der Waals surface area contributed by atoms with Gasteiger partial charge in [0.2, 0.25) is 0 Å². The first-order chi connectivity index (χ1) is 20.7.